The molecule has 0 saturated carbocycles. The van der Waals surface area contributed by atoms with Crippen molar-refractivity contribution in [2.75, 3.05) is 0 Å². The molecule has 0 spiro atoms. The molecule has 0 atom stereocenters. The van der Waals surface area contributed by atoms with Crippen molar-refractivity contribution in [1.29, 1.82) is 0 Å². The Morgan fingerprint density at radius 2 is 0.917 bits per heavy atom. The largest absolute Gasteiger partial charge is 1.00 e. The second-order valence-electron chi connectivity index (χ2n) is 4.72. The van der Waals surface area contributed by atoms with Gasteiger partial charge in [-0.2, -0.15) is 0 Å². The molecule has 0 aliphatic carbocycles. The van der Waals surface area contributed by atoms with Gasteiger partial charge in [-0.15, -0.1) is 0 Å². The van der Waals surface area contributed by atoms with Crippen LogP contribution >= 0.6 is 0 Å². The zero-order valence-corrected chi connectivity index (χ0v) is 18.9. The summed E-state index contributed by atoms with van der Waals surface area (Å²) in [6.45, 7) is 0. The van der Waals surface area contributed by atoms with E-state index in [1.54, 1.807) is 36.4 Å². The van der Waals surface area contributed by atoms with Crippen molar-refractivity contribution in [3.63, 3.8) is 0 Å². The van der Waals surface area contributed by atoms with Gasteiger partial charge >= 0.3 is 59.1 Å². The minimum absolute atomic E-state index is 0. The molecule has 0 aromatic heterocycles. The van der Waals surface area contributed by atoms with E-state index in [1.807, 2.05) is 0 Å². The van der Waals surface area contributed by atoms with Crippen LogP contribution in [0.3, 0.4) is 0 Å². The average Bonchev–Trinajstić information content (AvgIpc) is 2.36. The van der Waals surface area contributed by atoms with Crippen LogP contribution in [0.25, 0.3) is 11.1 Å². The molecule has 2 aromatic rings. The minimum atomic E-state index is -4.49. The van der Waals surface area contributed by atoms with Gasteiger partial charge in [-0.25, -0.2) is 16.8 Å². The zero-order chi connectivity index (χ0) is 16.4. The molecule has 0 aliphatic rings. The van der Waals surface area contributed by atoms with Gasteiger partial charge in [0.05, 0.1) is 31.7 Å². The summed E-state index contributed by atoms with van der Waals surface area (Å²) >= 11 is 0. The zero-order valence-electron chi connectivity index (χ0n) is 13.3. The minimum Gasteiger partial charge on any atom is -0.748 e. The third-order valence-corrected chi connectivity index (χ3v) is 4.32. The summed E-state index contributed by atoms with van der Waals surface area (Å²) in [6.07, 6.45) is 0. The molecule has 2 rings (SSSR count). The first-order valence-electron chi connectivity index (χ1n) is 6.19. The number of hydrogen-bond donors (Lipinski definition) is 0. The van der Waals surface area contributed by atoms with Crippen molar-refractivity contribution in [3.8, 4) is 11.1 Å². The van der Waals surface area contributed by atoms with Crippen LogP contribution in [-0.4, -0.2) is 25.9 Å². The molecule has 0 saturated heterocycles. The van der Waals surface area contributed by atoms with Gasteiger partial charge in [-0.1, -0.05) is 48.5 Å². The van der Waals surface area contributed by atoms with E-state index in [2.05, 4.69) is 0 Å². The van der Waals surface area contributed by atoms with E-state index < -0.39 is 31.7 Å². The number of hydrogen-bond acceptors (Lipinski definition) is 6. The molecule has 0 aliphatic heterocycles. The fourth-order valence-corrected chi connectivity index (χ4v) is 3.46. The number of rotatable bonds is 5. The molecule has 0 amide bonds. The van der Waals surface area contributed by atoms with Crippen molar-refractivity contribution < 1.29 is 85.1 Å². The summed E-state index contributed by atoms with van der Waals surface area (Å²) in [7, 11) is -8.97. The maximum Gasteiger partial charge on any atom is 1.00 e. The second kappa shape index (κ2) is 9.82. The summed E-state index contributed by atoms with van der Waals surface area (Å²) in [5.74, 6) is -1.41. The van der Waals surface area contributed by atoms with Crippen molar-refractivity contribution in [2.45, 2.75) is 11.5 Å². The third-order valence-electron chi connectivity index (χ3n) is 2.99. The first-order chi connectivity index (χ1) is 10.2. The van der Waals surface area contributed by atoms with E-state index in [1.165, 1.54) is 12.1 Å². The Morgan fingerprint density at radius 3 is 1.21 bits per heavy atom. The van der Waals surface area contributed by atoms with Crippen molar-refractivity contribution >= 4 is 20.2 Å². The van der Waals surface area contributed by atoms with E-state index in [0.29, 0.717) is 11.1 Å². The summed E-state index contributed by atoms with van der Waals surface area (Å²) in [6, 6.07) is 12.6. The first-order valence-corrected chi connectivity index (χ1v) is 9.34. The van der Waals surface area contributed by atoms with Crippen LogP contribution in [0.5, 0.6) is 0 Å². The maximum absolute atomic E-state index is 11.0. The average molecular weight is 386 g/mol. The Kier molecular flexibility index (Phi) is 9.93. The predicted octanol–water partition coefficient (Wildman–Crippen LogP) is -4.55. The topological polar surface area (TPSA) is 114 Å². The fourth-order valence-electron chi connectivity index (χ4n) is 2.20. The molecule has 0 bridgehead atoms. The summed E-state index contributed by atoms with van der Waals surface area (Å²) in [5.41, 5.74) is 1.35. The van der Waals surface area contributed by atoms with Gasteiger partial charge in [0.2, 0.25) is 0 Å². The van der Waals surface area contributed by atoms with Crippen LogP contribution < -0.4 is 59.1 Å². The summed E-state index contributed by atoms with van der Waals surface area (Å²) in [4.78, 5) is 0. The smallest absolute Gasteiger partial charge is 0.748 e. The van der Waals surface area contributed by atoms with Gasteiger partial charge in [-0.3, -0.25) is 0 Å². The van der Waals surface area contributed by atoms with Crippen LogP contribution in [0.2, 0.25) is 0 Å². The Balaban J connectivity index is 0.00000264. The van der Waals surface area contributed by atoms with Crippen molar-refractivity contribution in [3.05, 3.63) is 59.7 Å². The van der Waals surface area contributed by atoms with Crippen molar-refractivity contribution in [2.24, 2.45) is 0 Å². The fraction of sp³-hybridized carbons (Fsp3) is 0.143. The Labute approximate surface area is 185 Å². The molecule has 10 heteroatoms. The summed E-state index contributed by atoms with van der Waals surface area (Å²) in [5, 5.41) is 0. The van der Waals surface area contributed by atoms with Gasteiger partial charge in [0.1, 0.15) is 0 Å². The van der Waals surface area contributed by atoms with Gasteiger partial charge in [0, 0.05) is 0 Å². The summed E-state index contributed by atoms with van der Waals surface area (Å²) < 4.78 is 66.0. The normalized spacial score (nSPS) is 11.2. The molecular formula is C14H12Na2O6S2. The molecule has 0 unspecified atom stereocenters. The SMILES string of the molecule is O=S(=O)([O-])Cc1ccccc1-c1ccccc1CS(=O)(=O)[O-].[Na+].[Na+]. The van der Waals surface area contributed by atoms with E-state index in [4.69, 9.17) is 0 Å². The molecule has 0 radical (unpaired) electrons. The van der Waals surface area contributed by atoms with Gasteiger partial charge in [-0.05, 0) is 22.3 Å². The van der Waals surface area contributed by atoms with Crippen LogP contribution in [0.15, 0.2) is 48.5 Å². The monoisotopic (exact) mass is 386 g/mol. The Hall–Kier alpha value is 0.260. The van der Waals surface area contributed by atoms with Crippen LogP contribution in [-0.2, 0) is 31.7 Å². The van der Waals surface area contributed by atoms with E-state index >= 15 is 0 Å². The Bertz CT molecular complexity index is 819. The number of benzene rings is 2. The van der Waals surface area contributed by atoms with E-state index in [9.17, 15) is 25.9 Å². The van der Waals surface area contributed by atoms with Crippen LogP contribution in [0, 0.1) is 0 Å². The second-order valence-corrected chi connectivity index (χ2v) is 7.53. The maximum atomic E-state index is 11.0. The van der Waals surface area contributed by atoms with E-state index in [0.717, 1.165) is 0 Å². The van der Waals surface area contributed by atoms with Gasteiger partial charge in [0.25, 0.3) is 0 Å². The molecule has 0 fully saturated rings. The molecular weight excluding hydrogens is 374 g/mol. The van der Waals surface area contributed by atoms with Crippen LogP contribution in [0.4, 0.5) is 0 Å². The van der Waals surface area contributed by atoms with Gasteiger partial charge in [0.15, 0.2) is 0 Å². The first kappa shape index (κ1) is 24.3. The molecule has 24 heavy (non-hydrogen) atoms. The third kappa shape index (κ3) is 7.65. The molecule has 6 nitrogen and oxygen atoms in total. The molecule has 0 N–H and O–H groups in total. The molecule has 2 aromatic carbocycles. The standard InChI is InChI=1S/C14H14O6S2.2Na/c15-21(16,17)9-11-5-1-3-7-13(11)14-8-4-2-6-12(14)10-22(18,19)20;;/h1-8H,9-10H2,(H,15,16,17)(H,18,19,20);;/q;2*+1/p-2. The molecule has 0 heterocycles. The Morgan fingerprint density at radius 1 is 0.625 bits per heavy atom. The van der Waals surface area contributed by atoms with E-state index in [-0.39, 0.29) is 70.2 Å². The molecule has 118 valence electrons. The van der Waals surface area contributed by atoms with Crippen LogP contribution in [0.1, 0.15) is 11.1 Å². The quantitative estimate of drug-likeness (QED) is 0.378. The van der Waals surface area contributed by atoms with Crippen molar-refractivity contribution in [1.82, 2.24) is 0 Å². The van der Waals surface area contributed by atoms with Gasteiger partial charge < -0.3 is 9.11 Å². The predicted molar refractivity (Wildman–Crippen MR) is 78.7 cm³/mol.